The molecular weight excluding hydrogens is 292 g/mol. The first kappa shape index (κ1) is 13.9. The lowest BCUT2D eigenvalue weighted by atomic mass is 10.1. The summed E-state index contributed by atoms with van der Waals surface area (Å²) in [4.78, 5) is 13.5. The number of aliphatic hydroxyl groups excluding tert-OH is 1. The van der Waals surface area contributed by atoms with Crippen molar-refractivity contribution in [2.75, 3.05) is 17.3 Å². The first-order chi connectivity index (χ1) is 9.95. The molecule has 1 amide bonds. The number of aryl methyl sites for hydroxylation is 1. The van der Waals surface area contributed by atoms with Crippen LogP contribution < -0.4 is 10.2 Å². The molecule has 0 spiro atoms. The van der Waals surface area contributed by atoms with Gasteiger partial charge in [-0.25, -0.2) is 0 Å². The summed E-state index contributed by atoms with van der Waals surface area (Å²) in [5.41, 5.74) is 2.96. The second kappa shape index (κ2) is 5.05. The van der Waals surface area contributed by atoms with E-state index in [2.05, 4.69) is 10.4 Å². The third kappa shape index (κ3) is 2.48. The van der Waals surface area contributed by atoms with Crippen molar-refractivity contribution in [3.8, 4) is 0 Å². The van der Waals surface area contributed by atoms with Gasteiger partial charge in [-0.2, -0.15) is 5.10 Å². The number of hydrogen-bond donors (Lipinski definition) is 2. The highest BCUT2D eigenvalue weighted by Gasteiger charge is 2.30. The van der Waals surface area contributed by atoms with E-state index in [1.807, 2.05) is 25.2 Å². The highest BCUT2D eigenvalue weighted by Crippen LogP contribution is 2.38. The molecule has 0 saturated heterocycles. The normalized spacial score (nSPS) is 16.8. The van der Waals surface area contributed by atoms with E-state index in [9.17, 15) is 9.90 Å². The van der Waals surface area contributed by atoms with Crippen LogP contribution in [0.5, 0.6) is 0 Å². The quantitative estimate of drug-likeness (QED) is 0.905. The molecule has 0 radical (unpaired) electrons. The van der Waals surface area contributed by atoms with E-state index in [0.717, 1.165) is 11.3 Å². The maximum Gasteiger partial charge on any atom is 0.257 e. The summed E-state index contributed by atoms with van der Waals surface area (Å²) < 4.78 is 1.74. The molecule has 0 saturated carbocycles. The van der Waals surface area contributed by atoms with Crippen molar-refractivity contribution in [2.24, 2.45) is 7.05 Å². The number of carbonyl (C=O) groups excluding carboxylic acids is 1. The summed E-state index contributed by atoms with van der Waals surface area (Å²) in [6.07, 6.45) is 2.59. The van der Waals surface area contributed by atoms with Gasteiger partial charge in [0.15, 0.2) is 6.10 Å². The average Bonchev–Trinajstić information content (AvgIpc) is 2.95. The largest absolute Gasteiger partial charge is 0.378 e. The zero-order valence-corrected chi connectivity index (χ0v) is 12.4. The minimum Gasteiger partial charge on any atom is -0.378 e. The third-order valence-corrected chi connectivity index (χ3v) is 3.81. The van der Waals surface area contributed by atoms with E-state index in [1.165, 1.54) is 0 Å². The van der Waals surface area contributed by atoms with Crippen LogP contribution in [-0.2, 0) is 18.4 Å². The predicted molar refractivity (Wildman–Crippen MR) is 80.4 cm³/mol. The Morgan fingerprint density at radius 2 is 2.29 bits per heavy atom. The molecule has 1 aliphatic rings. The Bertz CT molecular complexity index is 713. The Morgan fingerprint density at radius 1 is 1.52 bits per heavy atom. The van der Waals surface area contributed by atoms with Crippen molar-refractivity contribution in [1.82, 2.24) is 9.78 Å². The van der Waals surface area contributed by atoms with Crippen molar-refractivity contribution in [3.63, 3.8) is 0 Å². The summed E-state index contributed by atoms with van der Waals surface area (Å²) in [7, 11) is 3.77. The van der Waals surface area contributed by atoms with Crippen LogP contribution in [0.15, 0.2) is 24.5 Å². The lowest BCUT2D eigenvalue weighted by molar-refractivity contribution is -0.123. The minimum atomic E-state index is -1.14. The minimum absolute atomic E-state index is 0.423. The van der Waals surface area contributed by atoms with Crippen LogP contribution in [0.3, 0.4) is 0 Å². The van der Waals surface area contributed by atoms with E-state index in [0.29, 0.717) is 22.8 Å². The maximum atomic E-state index is 11.5. The van der Waals surface area contributed by atoms with Gasteiger partial charge in [0, 0.05) is 43.7 Å². The molecule has 6 nitrogen and oxygen atoms in total. The van der Waals surface area contributed by atoms with Crippen molar-refractivity contribution in [3.05, 3.63) is 40.7 Å². The Kier molecular flexibility index (Phi) is 3.35. The fourth-order valence-electron chi connectivity index (χ4n) is 2.46. The second-order valence-electron chi connectivity index (χ2n) is 5.16. The van der Waals surface area contributed by atoms with E-state index >= 15 is 0 Å². The Balaban J connectivity index is 1.89. The number of nitrogens with one attached hydrogen (secondary N) is 1. The summed E-state index contributed by atoms with van der Waals surface area (Å²) in [5, 5.41) is 17.0. The number of amides is 1. The van der Waals surface area contributed by atoms with Gasteiger partial charge in [-0.15, -0.1) is 0 Å². The molecule has 1 aliphatic heterocycles. The van der Waals surface area contributed by atoms with Crippen molar-refractivity contribution in [1.29, 1.82) is 0 Å². The van der Waals surface area contributed by atoms with Crippen LogP contribution >= 0.6 is 11.6 Å². The number of benzene rings is 1. The van der Waals surface area contributed by atoms with Crippen LogP contribution in [0.1, 0.15) is 17.2 Å². The number of halogens is 1. The van der Waals surface area contributed by atoms with Crippen LogP contribution in [0.25, 0.3) is 0 Å². The highest BCUT2D eigenvalue weighted by atomic mass is 35.5. The standard InChI is InChI=1S/C14H15ClN4O2/c1-18(6-8-5-16-19(2)7-8)12-4-11-9(3-10(12)15)13(20)14(21)17-11/h3-5,7,13,20H,6H2,1-2H3,(H,17,21). The molecule has 3 rings (SSSR count). The number of carbonyl (C=O) groups is 1. The van der Waals surface area contributed by atoms with Gasteiger partial charge in [0.2, 0.25) is 0 Å². The molecule has 0 bridgehead atoms. The maximum absolute atomic E-state index is 11.5. The van der Waals surface area contributed by atoms with Gasteiger partial charge in [0.1, 0.15) is 0 Å². The van der Waals surface area contributed by atoms with E-state index in [4.69, 9.17) is 11.6 Å². The fraction of sp³-hybridized carbons (Fsp3) is 0.286. The molecular formula is C14H15ClN4O2. The zero-order chi connectivity index (χ0) is 15.1. The smallest absolute Gasteiger partial charge is 0.257 e. The molecule has 0 aliphatic carbocycles. The topological polar surface area (TPSA) is 70.4 Å². The van der Waals surface area contributed by atoms with Crippen LogP contribution in [-0.4, -0.2) is 27.8 Å². The molecule has 1 aromatic carbocycles. The Morgan fingerprint density at radius 3 is 2.95 bits per heavy atom. The first-order valence-corrected chi connectivity index (χ1v) is 6.84. The average molecular weight is 307 g/mol. The van der Waals surface area contributed by atoms with Gasteiger partial charge < -0.3 is 15.3 Å². The van der Waals surface area contributed by atoms with Gasteiger partial charge in [0.25, 0.3) is 5.91 Å². The van der Waals surface area contributed by atoms with Crippen molar-refractivity contribution < 1.29 is 9.90 Å². The molecule has 2 aromatic rings. The first-order valence-electron chi connectivity index (χ1n) is 6.46. The molecule has 1 atom stereocenters. The van der Waals surface area contributed by atoms with E-state index < -0.39 is 12.0 Å². The summed E-state index contributed by atoms with van der Waals surface area (Å²) in [6, 6.07) is 3.41. The SMILES string of the molecule is CN(Cc1cnn(C)c1)c1cc2c(cc1Cl)C(O)C(=O)N2. The van der Waals surface area contributed by atoms with E-state index in [-0.39, 0.29) is 0 Å². The summed E-state index contributed by atoms with van der Waals surface area (Å²) in [6.45, 7) is 0.642. The number of aromatic nitrogens is 2. The summed E-state index contributed by atoms with van der Waals surface area (Å²) >= 11 is 6.27. The number of nitrogens with zero attached hydrogens (tertiary/aromatic N) is 3. The highest BCUT2D eigenvalue weighted by molar-refractivity contribution is 6.33. The number of anilines is 2. The number of aliphatic hydroxyl groups is 1. The van der Waals surface area contributed by atoms with E-state index in [1.54, 1.807) is 23.0 Å². The van der Waals surface area contributed by atoms with Gasteiger partial charge in [-0.05, 0) is 12.1 Å². The van der Waals surface area contributed by atoms with Gasteiger partial charge in [0.05, 0.1) is 16.9 Å². The molecule has 2 heterocycles. The van der Waals surface area contributed by atoms with Gasteiger partial charge in [-0.3, -0.25) is 9.48 Å². The van der Waals surface area contributed by atoms with Crippen molar-refractivity contribution in [2.45, 2.75) is 12.6 Å². The molecule has 2 N–H and O–H groups in total. The van der Waals surface area contributed by atoms with Crippen LogP contribution in [0.4, 0.5) is 11.4 Å². The molecule has 0 fully saturated rings. The zero-order valence-electron chi connectivity index (χ0n) is 11.7. The Hall–Kier alpha value is -2.05. The monoisotopic (exact) mass is 306 g/mol. The third-order valence-electron chi connectivity index (χ3n) is 3.51. The fourth-order valence-corrected chi connectivity index (χ4v) is 2.78. The number of rotatable bonds is 3. The molecule has 1 aromatic heterocycles. The number of hydrogen-bond acceptors (Lipinski definition) is 4. The van der Waals surface area contributed by atoms with Crippen LogP contribution in [0.2, 0.25) is 5.02 Å². The molecule has 21 heavy (non-hydrogen) atoms. The summed E-state index contributed by atoms with van der Waals surface area (Å²) in [5.74, 6) is -0.423. The van der Waals surface area contributed by atoms with Gasteiger partial charge in [-0.1, -0.05) is 11.6 Å². The van der Waals surface area contributed by atoms with Crippen LogP contribution in [0, 0.1) is 0 Å². The molecule has 1 unspecified atom stereocenters. The lowest BCUT2D eigenvalue weighted by Crippen LogP contribution is -2.16. The molecule has 110 valence electrons. The lowest BCUT2D eigenvalue weighted by Gasteiger charge is -2.21. The number of fused-ring (bicyclic) bond motifs is 1. The second-order valence-corrected chi connectivity index (χ2v) is 5.57. The van der Waals surface area contributed by atoms with Gasteiger partial charge >= 0.3 is 0 Å². The predicted octanol–water partition coefficient (Wildman–Crippen LogP) is 1.70. The van der Waals surface area contributed by atoms with Crippen molar-refractivity contribution >= 4 is 28.9 Å². The molecule has 7 heteroatoms. The Labute approximate surface area is 126 Å².